The van der Waals surface area contributed by atoms with Gasteiger partial charge in [0.25, 0.3) is 0 Å². The second-order valence-electron chi connectivity index (χ2n) is 5.39. The summed E-state index contributed by atoms with van der Waals surface area (Å²) < 4.78 is 11.1. The SMILES string of the molecule is CCCCCCCNCCc1ccc2c(c1)OCCO2. The van der Waals surface area contributed by atoms with Crippen molar-refractivity contribution in [1.82, 2.24) is 5.32 Å². The molecule has 0 bridgehead atoms. The molecule has 0 unspecified atom stereocenters. The maximum absolute atomic E-state index is 5.60. The van der Waals surface area contributed by atoms with Gasteiger partial charge in [0.05, 0.1) is 0 Å². The Morgan fingerprint density at radius 2 is 1.75 bits per heavy atom. The molecule has 1 aromatic carbocycles. The van der Waals surface area contributed by atoms with Gasteiger partial charge in [0.15, 0.2) is 11.5 Å². The van der Waals surface area contributed by atoms with Crippen molar-refractivity contribution in [2.75, 3.05) is 26.3 Å². The zero-order valence-electron chi connectivity index (χ0n) is 12.6. The van der Waals surface area contributed by atoms with E-state index >= 15 is 0 Å². The Labute approximate surface area is 122 Å². The normalized spacial score (nSPS) is 13.4. The topological polar surface area (TPSA) is 30.5 Å². The zero-order chi connectivity index (χ0) is 14.0. The van der Waals surface area contributed by atoms with Crippen molar-refractivity contribution < 1.29 is 9.47 Å². The highest BCUT2D eigenvalue weighted by Crippen LogP contribution is 2.30. The van der Waals surface area contributed by atoms with Crippen molar-refractivity contribution in [3.63, 3.8) is 0 Å². The molecule has 0 amide bonds. The number of unbranched alkanes of at least 4 members (excludes halogenated alkanes) is 4. The molecule has 1 heterocycles. The summed E-state index contributed by atoms with van der Waals surface area (Å²) >= 11 is 0. The van der Waals surface area contributed by atoms with E-state index in [1.165, 1.54) is 37.7 Å². The van der Waals surface area contributed by atoms with Crippen molar-refractivity contribution >= 4 is 0 Å². The number of rotatable bonds is 9. The molecule has 1 aliphatic heterocycles. The molecule has 0 aromatic heterocycles. The summed E-state index contributed by atoms with van der Waals surface area (Å²) in [7, 11) is 0. The third kappa shape index (κ3) is 5.04. The van der Waals surface area contributed by atoms with Gasteiger partial charge in [-0.05, 0) is 43.6 Å². The minimum absolute atomic E-state index is 0.659. The molecule has 1 aromatic rings. The Kier molecular flexibility index (Phi) is 6.72. The molecule has 0 aliphatic carbocycles. The first-order valence-electron chi connectivity index (χ1n) is 7.99. The van der Waals surface area contributed by atoms with Crippen LogP contribution in [0.5, 0.6) is 11.5 Å². The fourth-order valence-corrected chi connectivity index (χ4v) is 2.45. The van der Waals surface area contributed by atoms with Crippen molar-refractivity contribution in [2.45, 2.75) is 45.4 Å². The lowest BCUT2D eigenvalue weighted by Crippen LogP contribution is -2.19. The van der Waals surface area contributed by atoms with E-state index in [0.717, 1.165) is 31.0 Å². The van der Waals surface area contributed by atoms with Gasteiger partial charge in [0.1, 0.15) is 13.2 Å². The number of fused-ring (bicyclic) bond motifs is 1. The van der Waals surface area contributed by atoms with Gasteiger partial charge in [-0.25, -0.2) is 0 Å². The lowest BCUT2D eigenvalue weighted by molar-refractivity contribution is 0.171. The van der Waals surface area contributed by atoms with Crippen molar-refractivity contribution in [3.05, 3.63) is 23.8 Å². The second-order valence-corrected chi connectivity index (χ2v) is 5.39. The molecule has 1 aliphatic rings. The number of hydrogen-bond donors (Lipinski definition) is 1. The lowest BCUT2D eigenvalue weighted by atomic mass is 10.1. The summed E-state index contributed by atoms with van der Waals surface area (Å²) in [5.41, 5.74) is 1.31. The molecular formula is C17H27NO2. The van der Waals surface area contributed by atoms with Crippen molar-refractivity contribution in [3.8, 4) is 11.5 Å². The van der Waals surface area contributed by atoms with E-state index in [1.54, 1.807) is 0 Å². The number of benzene rings is 1. The maximum atomic E-state index is 5.60. The van der Waals surface area contributed by atoms with E-state index in [-0.39, 0.29) is 0 Å². The lowest BCUT2D eigenvalue weighted by Gasteiger charge is -2.18. The highest BCUT2D eigenvalue weighted by Gasteiger charge is 2.11. The Bertz CT molecular complexity index is 393. The van der Waals surface area contributed by atoms with E-state index in [2.05, 4.69) is 24.4 Å². The van der Waals surface area contributed by atoms with E-state index < -0.39 is 0 Å². The molecule has 0 spiro atoms. The van der Waals surface area contributed by atoms with Gasteiger partial charge in [-0.15, -0.1) is 0 Å². The summed E-state index contributed by atoms with van der Waals surface area (Å²) in [6.45, 7) is 5.74. The van der Waals surface area contributed by atoms with Crippen LogP contribution in [0.4, 0.5) is 0 Å². The first-order valence-corrected chi connectivity index (χ1v) is 7.99. The summed E-state index contributed by atoms with van der Waals surface area (Å²) in [5.74, 6) is 1.78. The number of nitrogens with one attached hydrogen (secondary N) is 1. The smallest absolute Gasteiger partial charge is 0.161 e. The third-order valence-corrected chi connectivity index (χ3v) is 3.65. The van der Waals surface area contributed by atoms with Crippen molar-refractivity contribution in [1.29, 1.82) is 0 Å². The molecule has 0 saturated heterocycles. The van der Waals surface area contributed by atoms with Gasteiger partial charge in [0.2, 0.25) is 0 Å². The van der Waals surface area contributed by atoms with Crippen LogP contribution in [0.2, 0.25) is 0 Å². The molecule has 0 radical (unpaired) electrons. The van der Waals surface area contributed by atoms with Gasteiger partial charge in [-0.1, -0.05) is 38.7 Å². The Hall–Kier alpha value is -1.22. The Balaban J connectivity index is 1.60. The van der Waals surface area contributed by atoms with Crippen LogP contribution in [0.25, 0.3) is 0 Å². The summed E-state index contributed by atoms with van der Waals surface area (Å²) in [6.07, 6.45) is 7.76. The van der Waals surface area contributed by atoms with Gasteiger partial charge in [0, 0.05) is 0 Å². The maximum Gasteiger partial charge on any atom is 0.161 e. The second kappa shape index (κ2) is 8.85. The highest BCUT2D eigenvalue weighted by molar-refractivity contribution is 5.43. The average molecular weight is 277 g/mol. The largest absolute Gasteiger partial charge is 0.486 e. The van der Waals surface area contributed by atoms with E-state index in [4.69, 9.17) is 9.47 Å². The van der Waals surface area contributed by atoms with E-state index in [9.17, 15) is 0 Å². The van der Waals surface area contributed by atoms with Crippen LogP contribution in [0, 0.1) is 0 Å². The molecule has 3 nitrogen and oxygen atoms in total. The molecule has 0 fully saturated rings. The predicted molar refractivity (Wildman–Crippen MR) is 82.8 cm³/mol. The zero-order valence-corrected chi connectivity index (χ0v) is 12.6. The summed E-state index contributed by atoms with van der Waals surface area (Å²) in [5, 5.41) is 3.52. The molecule has 1 N–H and O–H groups in total. The van der Waals surface area contributed by atoms with E-state index in [0.29, 0.717) is 13.2 Å². The standard InChI is InChI=1S/C17H27NO2/c1-2-3-4-5-6-10-18-11-9-15-7-8-16-17(14-15)20-13-12-19-16/h7-8,14,18H,2-6,9-13H2,1H3. The van der Waals surface area contributed by atoms with Crippen LogP contribution in [-0.4, -0.2) is 26.3 Å². The molecule has 0 saturated carbocycles. The average Bonchev–Trinajstić information content (AvgIpc) is 2.50. The number of ether oxygens (including phenoxy) is 2. The first kappa shape index (κ1) is 15.2. The van der Waals surface area contributed by atoms with Gasteiger partial charge in [-0.3, -0.25) is 0 Å². The third-order valence-electron chi connectivity index (χ3n) is 3.65. The first-order chi connectivity index (χ1) is 9.90. The molecule has 112 valence electrons. The summed E-state index contributed by atoms with van der Waals surface area (Å²) in [6, 6.07) is 6.27. The van der Waals surface area contributed by atoms with Gasteiger partial charge in [-0.2, -0.15) is 0 Å². The molecule has 3 heteroatoms. The monoisotopic (exact) mass is 277 g/mol. The minimum atomic E-state index is 0.659. The fraction of sp³-hybridized carbons (Fsp3) is 0.647. The van der Waals surface area contributed by atoms with Gasteiger partial charge >= 0.3 is 0 Å². The Morgan fingerprint density at radius 1 is 0.950 bits per heavy atom. The molecule has 0 atom stereocenters. The predicted octanol–water partition coefficient (Wildman–Crippen LogP) is 3.56. The quantitative estimate of drug-likeness (QED) is 0.700. The fourth-order valence-electron chi connectivity index (χ4n) is 2.45. The molecule has 20 heavy (non-hydrogen) atoms. The van der Waals surface area contributed by atoms with Crippen molar-refractivity contribution in [2.24, 2.45) is 0 Å². The number of hydrogen-bond acceptors (Lipinski definition) is 3. The molecule has 2 rings (SSSR count). The van der Waals surface area contributed by atoms with E-state index in [1.807, 2.05) is 6.07 Å². The summed E-state index contributed by atoms with van der Waals surface area (Å²) in [4.78, 5) is 0. The van der Waals surface area contributed by atoms with Crippen LogP contribution < -0.4 is 14.8 Å². The Morgan fingerprint density at radius 3 is 2.60 bits per heavy atom. The minimum Gasteiger partial charge on any atom is -0.486 e. The van der Waals surface area contributed by atoms with Crippen LogP contribution in [-0.2, 0) is 6.42 Å². The van der Waals surface area contributed by atoms with Crippen LogP contribution in [0.3, 0.4) is 0 Å². The highest BCUT2D eigenvalue weighted by atomic mass is 16.6. The van der Waals surface area contributed by atoms with Crippen LogP contribution in [0.15, 0.2) is 18.2 Å². The van der Waals surface area contributed by atoms with Crippen LogP contribution in [0.1, 0.15) is 44.6 Å². The van der Waals surface area contributed by atoms with Crippen LogP contribution >= 0.6 is 0 Å². The molecular weight excluding hydrogens is 250 g/mol. The van der Waals surface area contributed by atoms with Gasteiger partial charge < -0.3 is 14.8 Å².